The summed E-state index contributed by atoms with van der Waals surface area (Å²) in [5, 5.41) is 3.94. The second-order valence-corrected chi connectivity index (χ2v) is 13.2. The van der Waals surface area contributed by atoms with Crippen LogP contribution in [0.2, 0.25) is 15.1 Å². The van der Waals surface area contributed by atoms with Crippen LogP contribution >= 0.6 is 42.4 Å². The van der Waals surface area contributed by atoms with Crippen molar-refractivity contribution < 1.29 is 27.9 Å². The largest absolute Gasteiger partial charge is 0.489 e. The molecule has 1 heterocycles. The topological polar surface area (TPSA) is 112 Å². The summed E-state index contributed by atoms with van der Waals surface area (Å²) < 4.78 is 30.1. The zero-order valence-electron chi connectivity index (χ0n) is 26.4. The van der Waals surface area contributed by atoms with Crippen LogP contribution in [0, 0.1) is 0 Å². The van der Waals surface area contributed by atoms with Crippen LogP contribution < -0.4 is 10.1 Å². The summed E-state index contributed by atoms with van der Waals surface area (Å²) in [7, 11) is -3.14. The van der Waals surface area contributed by atoms with Crippen molar-refractivity contribution in [2.24, 2.45) is 0 Å². The molecule has 47 heavy (non-hydrogen) atoms. The van der Waals surface area contributed by atoms with E-state index >= 15 is 0 Å². The third-order valence-corrected chi connectivity index (χ3v) is 9.17. The first-order valence-corrected chi connectivity index (χ1v) is 17.8. The van der Waals surface area contributed by atoms with E-state index in [-0.39, 0.29) is 24.7 Å². The van der Waals surface area contributed by atoms with E-state index in [0.29, 0.717) is 52.7 Å². The number of rotatable bonds is 14. The molecular formula is C33H38Cl3N4O6P. The molecule has 1 aromatic heterocycles. The van der Waals surface area contributed by atoms with Gasteiger partial charge >= 0.3 is 13.6 Å². The third kappa shape index (κ3) is 12.3. The molecule has 2 amide bonds. The number of carbonyl (C=O) groups is 2. The minimum absolute atomic E-state index is 0.152. The molecule has 0 bridgehead atoms. The van der Waals surface area contributed by atoms with Gasteiger partial charge in [0.05, 0.1) is 36.0 Å². The Kier molecular flexibility index (Phi) is 15.8. The monoisotopic (exact) mass is 722 g/mol. The summed E-state index contributed by atoms with van der Waals surface area (Å²) in [4.78, 5) is 30.1. The molecule has 0 aliphatic rings. The molecule has 3 aromatic carbocycles. The molecule has 0 unspecified atom stereocenters. The van der Waals surface area contributed by atoms with Crippen molar-refractivity contribution >= 4 is 60.0 Å². The van der Waals surface area contributed by atoms with Crippen LogP contribution in [0.4, 0.5) is 10.5 Å². The number of amides is 2. The van der Waals surface area contributed by atoms with Gasteiger partial charge in [-0.05, 0) is 62.2 Å². The van der Waals surface area contributed by atoms with Crippen molar-refractivity contribution in [1.82, 2.24) is 14.5 Å². The van der Waals surface area contributed by atoms with E-state index in [1.165, 1.54) is 10.9 Å². The summed E-state index contributed by atoms with van der Waals surface area (Å²) in [6.07, 6.45) is 5.67. The van der Waals surface area contributed by atoms with Gasteiger partial charge < -0.3 is 24.0 Å². The second kappa shape index (κ2) is 19.5. The highest BCUT2D eigenvalue weighted by Crippen LogP contribution is 2.51. The molecule has 0 aliphatic heterocycles. The molecule has 10 nitrogen and oxygen atoms in total. The average molecular weight is 724 g/mol. The van der Waals surface area contributed by atoms with Crippen molar-refractivity contribution in [3.63, 3.8) is 0 Å². The lowest BCUT2D eigenvalue weighted by Gasteiger charge is -2.22. The summed E-state index contributed by atoms with van der Waals surface area (Å²) in [5.74, 6) is 0.176. The molecule has 0 spiro atoms. The van der Waals surface area contributed by atoms with Crippen LogP contribution in [0.25, 0.3) is 0 Å². The Hall–Kier alpha value is -3.37. The van der Waals surface area contributed by atoms with Gasteiger partial charge in [-0.15, -0.1) is 0 Å². The summed E-state index contributed by atoms with van der Waals surface area (Å²) in [5.41, 5.74) is 2.07. The van der Waals surface area contributed by atoms with Crippen LogP contribution in [0.3, 0.4) is 0 Å². The first-order chi connectivity index (χ1) is 22.6. The van der Waals surface area contributed by atoms with E-state index in [0.717, 1.165) is 17.7 Å². The fourth-order valence-corrected chi connectivity index (χ4v) is 6.89. The Labute approximate surface area is 290 Å². The predicted molar refractivity (Wildman–Crippen MR) is 187 cm³/mol. The highest BCUT2D eigenvalue weighted by Gasteiger charge is 2.24. The Morgan fingerprint density at radius 2 is 1.55 bits per heavy atom. The van der Waals surface area contributed by atoms with E-state index in [4.69, 9.17) is 48.6 Å². The Morgan fingerprint density at radius 3 is 2.11 bits per heavy atom. The van der Waals surface area contributed by atoms with E-state index < -0.39 is 7.60 Å². The van der Waals surface area contributed by atoms with Crippen LogP contribution in [-0.2, 0) is 19.8 Å². The van der Waals surface area contributed by atoms with Crippen molar-refractivity contribution in [2.45, 2.75) is 33.4 Å². The summed E-state index contributed by atoms with van der Waals surface area (Å²) >= 11 is 18.0. The average Bonchev–Trinajstić information content (AvgIpc) is 3.58. The standard InChI is InChI=1S/C18H22NO4P.C15H16Cl3N3O2/c1-3-22-24(21,23-4-2)14-15-10-12-16(13-11-15)18(20)19-17-8-6-5-7-9-17;1-2-4-20(15(22)21-5-3-19-10-21)6-7-23-14-12(17)8-11(16)9-13(14)18/h5-13H,3-4,14H2,1-2H3,(H,19,20);3,5,8-10H,2,4,6-7H2,1H3. The number of para-hydroxylation sites is 1. The van der Waals surface area contributed by atoms with Gasteiger partial charge in [0.1, 0.15) is 12.9 Å². The zero-order chi connectivity index (χ0) is 34.2. The number of aromatic nitrogens is 2. The number of nitrogens with one attached hydrogen (secondary N) is 1. The van der Waals surface area contributed by atoms with Gasteiger partial charge in [0, 0.05) is 35.2 Å². The number of hydrogen-bond acceptors (Lipinski definition) is 7. The van der Waals surface area contributed by atoms with Crippen LogP contribution in [0.15, 0.2) is 85.5 Å². The second-order valence-electron chi connectivity index (χ2n) is 9.91. The van der Waals surface area contributed by atoms with Crippen molar-refractivity contribution in [2.75, 3.05) is 38.2 Å². The highest BCUT2D eigenvalue weighted by atomic mass is 35.5. The highest BCUT2D eigenvalue weighted by molar-refractivity contribution is 7.53. The minimum Gasteiger partial charge on any atom is -0.489 e. The van der Waals surface area contributed by atoms with Crippen molar-refractivity contribution in [3.8, 4) is 5.75 Å². The first-order valence-electron chi connectivity index (χ1n) is 15.0. The summed E-state index contributed by atoms with van der Waals surface area (Å²) in [6.45, 7) is 7.50. The van der Waals surface area contributed by atoms with Gasteiger partial charge in [-0.1, -0.05) is 72.1 Å². The van der Waals surface area contributed by atoms with Gasteiger partial charge in [0.15, 0.2) is 5.75 Å². The Balaban J connectivity index is 0.000000256. The van der Waals surface area contributed by atoms with Gasteiger partial charge in [-0.25, -0.2) is 9.78 Å². The van der Waals surface area contributed by atoms with E-state index in [1.807, 2.05) is 37.3 Å². The van der Waals surface area contributed by atoms with Crippen LogP contribution in [0.1, 0.15) is 43.1 Å². The van der Waals surface area contributed by atoms with Gasteiger partial charge in [0.25, 0.3) is 5.91 Å². The van der Waals surface area contributed by atoms with Gasteiger partial charge in [-0.2, -0.15) is 0 Å². The lowest BCUT2D eigenvalue weighted by atomic mass is 10.1. The maximum absolute atomic E-state index is 12.5. The molecule has 252 valence electrons. The quantitative estimate of drug-likeness (QED) is 0.129. The molecule has 0 radical (unpaired) electrons. The number of hydrogen-bond donors (Lipinski definition) is 1. The molecule has 0 aliphatic carbocycles. The third-order valence-electron chi connectivity index (χ3n) is 6.34. The van der Waals surface area contributed by atoms with Crippen molar-refractivity contribution in [3.05, 3.63) is 112 Å². The maximum atomic E-state index is 12.5. The Morgan fingerprint density at radius 1 is 0.915 bits per heavy atom. The fourth-order valence-electron chi connectivity index (χ4n) is 4.27. The maximum Gasteiger partial charge on any atom is 0.335 e. The molecule has 1 N–H and O–H groups in total. The van der Waals surface area contributed by atoms with Crippen molar-refractivity contribution in [1.29, 1.82) is 0 Å². The molecular weight excluding hydrogens is 686 g/mol. The lowest BCUT2D eigenvalue weighted by Crippen LogP contribution is -2.37. The van der Waals surface area contributed by atoms with Gasteiger partial charge in [-0.3, -0.25) is 13.9 Å². The lowest BCUT2D eigenvalue weighted by molar-refractivity contribution is 0.102. The zero-order valence-corrected chi connectivity index (χ0v) is 29.6. The number of anilines is 1. The van der Waals surface area contributed by atoms with E-state index in [1.54, 1.807) is 67.5 Å². The molecule has 0 saturated carbocycles. The SMILES string of the molecule is CCCN(CCOc1c(Cl)cc(Cl)cc1Cl)C(=O)n1ccnc1.CCOP(=O)(Cc1ccc(C(=O)Nc2ccccc2)cc1)OCC. The molecule has 4 aromatic rings. The number of carbonyl (C=O) groups excluding carboxylic acids is 2. The molecule has 0 fully saturated rings. The molecule has 0 atom stereocenters. The Bertz CT molecular complexity index is 1580. The first kappa shape index (κ1) is 38.1. The van der Waals surface area contributed by atoms with Crippen LogP contribution in [0.5, 0.6) is 5.75 Å². The minimum atomic E-state index is -3.14. The number of ether oxygens (including phenoxy) is 1. The number of halogens is 3. The predicted octanol–water partition coefficient (Wildman–Crippen LogP) is 9.31. The number of imidazole rings is 1. The molecule has 0 saturated heterocycles. The van der Waals surface area contributed by atoms with E-state index in [9.17, 15) is 14.2 Å². The number of benzene rings is 3. The van der Waals surface area contributed by atoms with E-state index in [2.05, 4.69) is 10.3 Å². The summed E-state index contributed by atoms with van der Waals surface area (Å²) in [6, 6.07) is 19.2. The fraction of sp³-hybridized carbons (Fsp3) is 0.303. The number of nitrogens with zero attached hydrogens (tertiary/aromatic N) is 3. The van der Waals surface area contributed by atoms with Gasteiger partial charge in [0.2, 0.25) is 0 Å². The molecule has 14 heteroatoms. The normalized spacial score (nSPS) is 10.9. The van der Waals surface area contributed by atoms with Crippen LogP contribution in [-0.4, -0.2) is 59.3 Å². The smallest absolute Gasteiger partial charge is 0.335 e. The molecule has 4 rings (SSSR count).